The van der Waals surface area contributed by atoms with E-state index in [0.29, 0.717) is 0 Å². The molecular weight excluding hydrogens is 320 g/mol. The van der Waals surface area contributed by atoms with Crippen LogP contribution in [0.15, 0.2) is 55.4 Å². The summed E-state index contributed by atoms with van der Waals surface area (Å²) in [4.78, 5) is 23.5. The number of H-pyrrole nitrogens is 3. The van der Waals surface area contributed by atoms with Crippen LogP contribution in [0, 0.1) is 0 Å². The summed E-state index contributed by atoms with van der Waals surface area (Å²) in [5.41, 5.74) is 6.24. The zero-order chi connectivity index (χ0) is 15.9. The first-order valence-corrected chi connectivity index (χ1v) is 8.26. The molecule has 6 nitrogen and oxygen atoms in total. The number of hydrogen-bond donors (Lipinski definition) is 3. The van der Waals surface area contributed by atoms with Gasteiger partial charge in [0.1, 0.15) is 15.4 Å². The zero-order valence-corrected chi connectivity index (χ0v) is 13.3. The summed E-state index contributed by atoms with van der Waals surface area (Å²) in [6, 6.07) is 10.4. The van der Waals surface area contributed by atoms with E-state index >= 15 is 0 Å². The van der Waals surface area contributed by atoms with Gasteiger partial charge in [-0.1, -0.05) is 35.6 Å². The first-order valence-electron chi connectivity index (χ1n) is 7.44. The SMILES string of the molecule is c1ncc(-c2ccc(-c3cc4nc(-c5cnc[nH]5)sc4[nH]3)cc2)[nH]1. The second-order valence-electron chi connectivity index (χ2n) is 5.42. The number of fused-ring (bicyclic) bond motifs is 1. The van der Waals surface area contributed by atoms with E-state index < -0.39 is 0 Å². The Morgan fingerprint density at radius 1 is 0.792 bits per heavy atom. The maximum absolute atomic E-state index is 4.66. The number of nitrogens with zero attached hydrogens (tertiary/aromatic N) is 3. The minimum atomic E-state index is 0.940. The van der Waals surface area contributed by atoms with E-state index in [9.17, 15) is 0 Å². The third kappa shape index (κ3) is 2.14. The van der Waals surface area contributed by atoms with E-state index in [1.165, 1.54) is 0 Å². The molecule has 5 aromatic rings. The Morgan fingerprint density at radius 2 is 1.46 bits per heavy atom. The van der Waals surface area contributed by atoms with Gasteiger partial charge in [-0.2, -0.15) is 0 Å². The van der Waals surface area contributed by atoms with Gasteiger partial charge in [-0.15, -0.1) is 0 Å². The van der Waals surface area contributed by atoms with Gasteiger partial charge in [-0.3, -0.25) is 0 Å². The predicted molar refractivity (Wildman–Crippen MR) is 94.6 cm³/mol. The Morgan fingerprint density at radius 3 is 2.08 bits per heavy atom. The molecule has 0 aliphatic heterocycles. The summed E-state index contributed by atoms with van der Waals surface area (Å²) in [6.45, 7) is 0. The molecule has 0 fully saturated rings. The summed E-state index contributed by atoms with van der Waals surface area (Å²) >= 11 is 1.62. The smallest absolute Gasteiger partial charge is 0.144 e. The Kier molecular flexibility index (Phi) is 2.86. The molecule has 0 saturated heterocycles. The van der Waals surface area contributed by atoms with Crippen molar-refractivity contribution in [2.75, 3.05) is 0 Å². The molecule has 0 spiro atoms. The fourth-order valence-corrected chi connectivity index (χ4v) is 3.63. The Hall–Kier alpha value is -3.19. The highest BCUT2D eigenvalue weighted by molar-refractivity contribution is 7.21. The maximum atomic E-state index is 4.66. The van der Waals surface area contributed by atoms with Crippen molar-refractivity contribution in [3.05, 3.63) is 55.4 Å². The van der Waals surface area contributed by atoms with Gasteiger partial charge in [-0.05, 0) is 17.2 Å². The monoisotopic (exact) mass is 332 g/mol. The van der Waals surface area contributed by atoms with E-state index in [2.05, 4.69) is 60.2 Å². The number of nitrogens with one attached hydrogen (secondary N) is 3. The minimum absolute atomic E-state index is 0.940. The van der Waals surface area contributed by atoms with Gasteiger partial charge in [0.05, 0.1) is 36.4 Å². The third-order valence-electron chi connectivity index (χ3n) is 3.92. The molecule has 0 amide bonds. The predicted octanol–water partition coefficient (Wildman–Crippen LogP) is 4.07. The Bertz CT molecular complexity index is 1050. The molecule has 0 bridgehead atoms. The average molecular weight is 332 g/mol. The van der Waals surface area contributed by atoms with Gasteiger partial charge in [0.2, 0.25) is 0 Å². The summed E-state index contributed by atoms with van der Waals surface area (Å²) in [7, 11) is 0. The first-order chi connectivity index (χ1) is 11.9. The molecule has 0 aliphatic rings. The average Bonchev–Trinajstić information content (AvgIpc) is 3.37. The molecule has 0 aliphatic carbocycles. The molecule has 7 heteroatoms. The quantitative estimate of drug-likeness (QED) is 0.465. The van der Waals surface area contributed by atoms with Crippen molar-refractivity contribution in [2.45, 2.75) is 0 Å². The topological polar surface area (TPSA) is 86.0 Å². The van der Waals surface area contributed by atoms with Crippen LogP contribution in [-0.4, -0.2) is 29.9 Å². The minimum Gasteiger partial charge on any atom is -0.345 e. The first kappa shape index (κ1) is 13.3. The van der Waals surface area contributed by atoms with Crippen molar-refractivity contribution in [2.24, 2.45) is 0 Å². The number of aromatic nitrogens is 6. The standard InChI is InChI=1S/C17H12N6S/c1-3-11(14-6-18-8-20-14)4-2-10(1)12-5-13-16(22-12)24-17(23-13)15-7-19-9-21-15/h1-9,22H,(H,18,20)(H,19,21). The molecule has 4 aromatic heterocycles. The molecule has 0 unspecified atom stereocenters. The van der Waals surface area contributed by atoms with Crippen molar-refractivity contribution in [1.29, 1.82) is 0 Å². The van der Waals surface area contributed by atoms with E-state index in [-0.39, 0.29) is 0 Å². The van der Waals surface area contributed by atoms with Gasteiger partial charge in [-0.25, -0.2) is 15.0 Å². The molecule has 4 heterocycles. The number of imidazole rings is 2. The lowest BCUT2D eigenvalue weighted by atomic mass is 10.1. The molecular formula is C17H12N6S. The Labute approximate surface area is 140 Å². The second kappa shape index (κ2) is 5.17. The zero-order valence-electron chi connectivity index (χ0n) is 12.4. The lowest BCUT2D eigenvalue weighted by Crippen LogP contribution is -1.80. The summed E-state index contributed by atoms with van der Waals surface area (Å²) in [5, 5.41) is 0.940. The van der Waals surface area contributed by atoms with E-state index in [4.69, 9.17) is 0 Å². The summed E-state index contributed by atoms with van der Waals surface area (Å²) < 4.78 is 0. The van der Waals surface area contributed by atoms with Crippen LogP contribution >= 0.6 is 11.3 Å². The van der Waals surface area contributed by atoms with Gasteiger partial charge in [0, 0.05) is 5.69 Å². The summed E-state index contributed by atoms with van der Waals surface area (Å²) in [6.07, 6.45) is 6.95. The van der Waals surface area contributed by atoms with Crippen molar-refractivity contribution in [3.8, 4) is 33.2 Å². The van der Waals surface area contributed by atoms with E-state index in [1.54, 1.807) is 30.2 Å². The highest BCUT2D eigenvalue weighted by Gasteiger charge is 2.11. The fourth-order valence-electron chi connectivity index (χ4n) is 2.70. The molecule has 3 N–H and O–H groups in total. The van der Waals surface area contributed by atoms with Gasteiger partial charge < -0.3 is 15.0 Å². The van der Waals surface area contributed by atoms with E-state index in [1.807, 2.05) is 6.20 Å². The van der Waals surface area contributed by atoms with Crippen LogP contribution in [0.2, 0.25) is 0 Å². The van der Waals surface area contributed by atoms with Crippen molar-refractivity contribution in [3.63, 3.8) is 0 Å². The molecule has 0 radical (unpaired) electrons. The second-order valence-corrected chi connectivity index (χ2v) is 6.42. The number of thiazole rings is 1. The number of hydrogen-bond acceptors (Lipinski definition) is 4. The Balaban J connectivity index is 1.49. The molecule has 5 rings (SSSR count). The lowest BCUT2D eigenvalue weighted by molar-refractivity contribution is 1.31. The van der Waals surface area contributed by atoms with Crippen LogP contribution in [0.1, 0.15) is 0 Å². The van der Waals surface area contributed by atoms with Crippen LogP contribution in [0.4, 0.5) is 0 Å². The van der Waals surface area contributed by atoms with Crippen LogP contribution in [0.5, 0.6) is 0 Å². The van der Waals surface area contributed by atoms with Gasteiger partial charge in [0.15, 0.2) is 0 Å². The highest BCUT2D eigenvalue weighted by atomic mass is 32.1. The molecule has 1 aromatic carbocycles. The largest absolute Gasteiger partial charge is 0.345 e. The van der Waals surface area contributed by atoms with Gasteiger partial charge >= 0.3 is 0 Å². The van der Waals surface area contributed by atoms with Crippen LogP contribution in [0.25, 0.3) is 43.6 Å². The van der Waals surface area contributed by atoms with Crippen molar-refractivity contribution >= 4 is 21.7 Å². The van der Waals surface area contributed by atoms with Crippen LogP contribution < -0.4 is 0 Å². The lowest BCUT2D eigenvalue weighted by Gasteiger charge is -2.01. The summed E-state index contributed by atoms with van der Waals surface area (Å²) in [5.74, 6) is 0. The number of rotatable bonds is 3. The third-order valence-corrected chi connectivity index (χ3v) is 4.94. The van der Waals surface area contributed by atoms with Crippen molar-refractivity contribution < 1.29 is 0 Å². The molecule has 0 atom stereocenters. The molecule has 0 saturated carbocycles. The molecule has 116 valence electrons. The fraction of sp³-hybridized carbons (Fsp3) is 0. The normalized spacial score (nSPS) is 11.3. The van der Waals surface area contributed by atoms with Crippen molar-refractivity contribution in [1.82, 2.24) is 29.9 Å². The maximum Gasteiger partial charge on any atom is 0.144 e. The number of benzene rings is 1. The van der Waals surface area contributed by atoms with Crippen LogP contribution in [-0.2, 0) is 0 Å². The molecule has 24 heavy (non-hydrogen) atoms. The number of aromatic amines is 3. The highest BCUT2D eigenvalue weighted by Crippen LogP contribution is 2.32. The van der Waals surface area contributed by atoms with Gasteiger partial charge in [0.25, 0.3) is 0 Å². The van der Waals surface area contributed by atoms with E-state index in [0.717, 1.165) is 43.6 Å². The van der Waals surface area contributed by atoms with Crippen LogP contribution in [0.3, 0.4) is 0 Å².